The highest BCUT2D eigenvalue weighted by Crippen LogP contribution is 2.20. The third kappa shape index (κ3) is 1.99. The second-order valence-electron chi connectivity index (χ2n) is 3.54. The van der Waals surface area contributed by atoms with E-state index in [0.717, 1.165) is 25.8 Å². The quantitative estimate of drug-likeness (QED) is 0.634. The van der Waals surface area contributed by atoms with Crippen LogP contribution in [0.2, 0.25) is 0 Å². The predicted molar refractivity (Wildman–Crippen MR) is 49.9 cm³/mol. The highest BCUT2D eigenvalue weighted by Gasteiger charge is 2.25. The monoisotopic (exact) mass is 169 g/mol. The molecule has 0 aromatic carbocycles. The summed E-state index contributed by atoms with van der Waals surface area (Å²) in [6, 6.07) is 0.545. The first-order chi connectivity index (χ1) is 5.79. The van der Waals surface area contributed by atoms with E-state index in [9.17, 15) is 4.79 Å². The Hall–Kier alpha value is -0.530. The van der Waals surface area contributed by atoms with Gasteiger partial charge in [-0.15, -0.1) is 0 Å². The van der Waals surface area contributed by atoms with E-state index in [1.54, 1.807) is 0 Å². The largest absolute Gasteiger partial charge is 0.340 e. The Bertz CT molecular complexity index is 156. The Balaban J connectivity index is 2.43. The van der Waals surface area contributed by atoms with Gasteiger partial charge in [-0.3, -0.25) is 4.79 Å². The third-order valence-corrected chi connectivity index (χ3v) is 2.63. The Morgan fingerprint density at radius 1 is 1.50 bits per heavy atom. The predicted octanol–water partition coefficient (Wildman–Crippen LogP) is 2.19. The highest BCUT2D eigenvalue weighted by atomic mass is 16.2. The Kier molecular flexibility index (Phi) is 3.57. The molecule has 1 saturated heterocycles. The molecule has 2 nitrogen and oxygen atoms in total. The van der Waals surface area contributed by atoms with E-state index in [-0.39, 0.29) is 0 Å². The van der Waals surface area contributed by atoms with E-state index in [4.69, 9.17) is 0 Å². The zero-order valence-corrected chi connectivity index (χ0v) is 8.18. The summed E-state index contributed by atoms with van der Waals surface area (Å²) in [5.41, 5.74) is 0. The van der Waals surface area contributed by atoms with Gasteiger partial charge in [-0.25, -0.2) is 0 Å². The normalized spacial score (nSPS) is 23.2. The second kappa shape index (κ2) is 4.48. The number of rotatable bonds is 3. The molecule has 2 heteroatoms. The minimum absolute atomic E-state index is 0.363. The molecule has 12 heavy (non-hydrogen) atoms. The van der Waals surface area contributed by atoms with Crippen molar-refractivity contribution in [2.75, 3.05) is 6.54 Å². The van der Waals surface area contributed by atoms with Crippen LogP contribution in [-0.4, -0.2) is 23.4 Å². The van der Waals surface area contributed by atoms with E-state index < -0.39 is 0 Å². The van der Waals surface area contributed by atoms with Gasteiger partial charge < -0.3 is 4.90 Å². The summed E-state index contributed by atoms with van der Waals surface area (Å²) < 4.78 is 0. The van der Waals surface area contributed by atoms with Crippen molar-refractivity contribution in [3.8, 4) is 0 Å². The first-order valence-electron chi connectivity index (χ1n) is 5.09. The van der Waals surface area contributed by atoms with Crippen molar-refractivity contribution >= 4 is 5.91 Å². The molecule has 70 valence electrons. The van der Waals surface area contributed by atoms with Gasteiger partial charge in [0.05, 0.1) is 0 Å². The van der Waals surface area contributed by atoms with Gasteiger partial charge in [0.2, 0.25) is 5.91 Å². The van der Waals surface area contributed by atoms with Crippen LogP contribution in [0.4, 0.5) is 0 Å². The molecular formula is C10H19NO. The molecule has 1 atom stereocenters. The van der Waals surface area contributed by atoms with Gasteiger partial charge in [-0.1, -0.05) is 13.8 Å². The van der Waals surface area contributed by atoms with Crippen LogP contribution in [0, 0.1) is 0 Å². The highest BCUT2D eigenvalue weighted by molar-refractivity contribution is 5.76. The van der Waals surface area contributed by atoms with E-state index in [2.05, 4.69) is 18.7 Å². The number of likely N-dealkylation sites (tertiary alicyclic amines) is 1. The molecule has 1 fully saturated rings. The minimum Gasteiger partial charge on any atom is -0.340 e. The Morgan fingerprint density at radius 3 is 2.83 bits per heavy atom. The zero-order valence-electron chi connectivity index (χ0n) is 8.18. The van der Waals surface area contributed by atoms with Crippen LogP contribution < -0.4 is 0 Å². The van der Waals surface area contributed by atoms with E-state index in [1.807, 2.05) is 0 Å². The maximum atomic E-state index is 11.5. The maximum Gasteiger partial charge on any atom is 0.222 e. The standard InChI is InChI=1S/C10H19NO/c1-3-6-10(12)11-8-5-7-9(11)4-2/h9H,3-8H2,1-2H3. The lowest BCUT2D eigenvalue weighted by Crippen LogP contribution is -2.34. The van der Waals surface area contributed by atoms with Crippen LogP contribution in [-0.2, 0) is 4.79 Å². The van der Waals surface area contributed by atoms with Crippen LogP contribution in [0.3, 0.4) is 0 Å². The Morgan fingerprint density at radius 2 is 2.25 bits per heavy atom. The number of hydrogen-bond acceptors (Lipinski definition) is 1. The lowest BCUT2D eigenvalue weighted by Gasteiger charge is -2.23. The molecule has 0 N–H and O–H groups in total. The van der Waals surface area contributed by atoms with Gasteiger partial charge in [-0.05, 0) is 25.7 Å². The molecule has 0 aromatic heterocycles. The first kappa shape index (κ1) is 9.56. The molecule has 0 aliphatic carbocycles. The minimum atomic E-state index is 0.363. The smallest absolute Gasteiger partial charge is 0.222 e. The summed E-state index contributed by atoms with van der Waals surface area (Å²) in [5, 5.41) is 0. The lowest BCUT2D eigenvalue weighted by atomic mass is 10.1. The van der Waals surface area contributed by atoms with Crippen LogP contribution in [0.15, 0.2) is 0 Å². The van der Waals surface area contributed by atoms with Crippen molar-refractivity contribution in [2.24, 2.45) is 0 Å². The number of carbonyl (C=O) groups excluding carboxylic acids is 1. The molecule has 0 bridgehead atoms. The molecule has 1 aliphatic rings. The molecule has 1 aliphatic heterocycles. The fourth-order valence-electron chi connectivity index (χ4n) is 1.95. The lowest BCUT2D eigenvalue weighted by molar-refractivity contribution is -0.132. The van der Waals surface area contributed by atoms with Crippen molar-refractivity contribution < 1.29 is 4.79 Å². The number of carbonyl (C=O) groups is 1. The molecule has 0 saturated carbocycles. The average molecular weight is 169 g/mol. The summed E-state index contributed by atoms with van der Waals surface area (Å²) in [6.45, 7) is 5.23. The van der Waals surface area contributed by atoms with Gasteiger partial charge in [0.1, 0.15) is 0 Å². The molecule has 1 amide bonds. The first-order valence-corrected chi connectivity index (χ1v) is 5.09. The molecular weight excluding hydrogens is 150 g/mol. The summed E-state index contributed by atoms with van der Waals surface area (Å²) in [4.78, 5) is 13.6. The van der Waals surface area contributed by atoms with Crippen LogP contribution in [0.5, 0.6) is 0 Å². The van der Waals surface area contributed by atoms with Crippen LogP contribution in [0.1, 0.15) is 46.0 Å². The van der Waals surface area contributed by atoms with Crippen molar-refractivity contribution in [3.63, 3.8) is 0 Å². The summed E-state index contributed by atoms with van der Waals surface area (Å²) in [5.74, 6) is 0.363. The second-order valence-corrected chi connectivity index (χ2v) is 3.54. The van der Waals surface area contributed by atoms with Crippen molar-refractivity contribution in [1.82, 2.24) is 4.90 Å². The maximum absolute atomic E-state index is 11.5. The summed E-state index contributed by atoms with van der Waals surface area (Å²) >= 11 is 0. The average Bonchev–Trinajstić information content (AvgIpc) is 2.51. The Labute approximate surface area is 74.9 Å². The third-order valence-electron chi connectivity index (χ3n) is 2.63. The van der Waals surface area contributed by atoms with Crippen LogP contribution in [0.25, 0.3) is 0 Å². The number of hydrogen-bond donors (Lipinski definition) is 0. The topological polar surface area (TPSA) is 20.3 Å². The van der Waals surface area contributed by atoms with Gasteiger partial charge in [0.25, 0.3) is 0 Å². The van der Waals surface area contributed by atoms with Crippen LogP contribution >= 0.6 is 0 Å². The van der Waals surface area contributed by atoms with Gasteiger partial charge >= 0.3 is 0 Å². The number of nitrogens with zero attached hydrogens (tertiary/aromatic N) is 1. The SMILES string of the molecule is CCCC(=O)N1CCCC1CC. The van der Waals surface area contributed by atoms with E-state index in [0.29, 0.717) is 11.9 Å². The van der Waals surface area contributed by atoms with Gasteiger partial charge in [-0.2, -0.15) is 0 Å². The molecule has 0 aromatic rings. The summed E-state index contributed by atoms with van der Waals surface area (Å²) in [6.07, 6.45) is 5.25. The number of amides is 1. The van der Waals surface area contributed by atoms with Crippen molar-refractivity contribution in [2.45, 2.75) is 52.0 Å². The van der Waals surface area contributed by atoms with E-state index in [1.165, 1.54) is 12.8 Å². The molecule has 1 rings (SSSR count). The molecule has 1 unspecified atom stereocenters. The van der Waals surface area contributed by atoms with Crippen molar-refractivity contribution in [1.29, 1.82) is 0 Å². The van der Waals surface area contributed by atoms with Crippen molar-refractivity contribution in [3.05, 3.63) is 0 Å². The molecule has 1 heterocycles. The zero-order chi connectivity index (χ0) is 8.97. The molecule has 0 radical (unpaired) electrons. The van der Waals surface area contributed by atoms with E-state index >= 15 is 0 Å². The fourth-order valence-corrected chi connectivity index (χ4v) is 1.95. The van der Waals surface area contributed by atoms with Gasteiger partial charge in [0.15, 0.2) is 0 Å². The van der Waals surface area contributed by atoms with Gasteiger partial charge in [0, 0.05) is 19.0 Å². The fraction of sp³-hybridized carbons (Fsp3) is 0.900. The molecule has 0 spiro atoms. The summed E-state index contributed by atoms with van der Waals surface area (Å²) in [7, 11) is 0.